The van der Waals surface area contributed by atoms with Gasteiger partial charge in [0.1, 0.15) is 0 Å². The Hall–Kier alpha value is -2.66. The smallest absolute Gasteiger partial charge is 0.331 e. The quantitative estimate of drug-likeness (QED) is 0.529. The normalized spacial score (nSPS) is 40.8. The van der Waals surface area contributed by atoms with E-state index >= 15 is 0 Å². The van der Waals surface area contributed by atoms with E-state index in [-0.39, 0.29) is 41.5 Å². The van der Waals surface area contributed by atoms with E-state index in [1.807, 2.05) is 44.2 Å². The van der Waals surface area contributed by atoms with Crippen molar-refractivity contribution in [1.29, 1.82) is 0 Å². The Morgan fingerprint density at radius 1 is 1.12 bits per heavy atom. The average Bonchev–Trinajstić information content (AvgIpc) is 3.06. The molecule has 1 aromatic rings. The van der Waals surface area contributed by atoms with E-state index in [4.69, 9.17) is 4.74 Å². The van der Waals surface area contributed by atoms with Crippen molar-refractivity contribution in [3.8, 4) is 0 Å². The molecule has 1 spiro atoms. The number of esters is 1. The number of carbonyl (C=O) groups is 2. The Balaban J connectivity index is 1.77. The summed E-state index contributed by atoms with van der Waals surface area (Å²) in [6.45, 7) is 8.11. The molecule has 3 aliphatic rings. The van der Waals surface area contributed by atoms with Gasteiger partial charge in [-0.3, -0.25) is 4.79 Å². The standard InChI is InChI=1S/C28H35NO4/c1-17-9-8-12-22-15-19(3)20(4)25-23(16-21-10-6-5-7-11-21)29-27(32)28(22,25)33-24(30)14-13-18(2)26(17)31/h5-8,10-15,17-18,20,22-23,25-26,31H,9,16H2,1-4H3,(H,29,32)/b12-8+,14-13+/t17-,18-,20+,22-,23-,25-,26+,28+/m0/s1. The van der Waals surface area contributed by atoms with Gasteiger partial charge in [-0.1, -0.05) is 81.0 Å². The van der Waals surface area contributed by atoms with Crippen molar-refractivity contribution in [2.45, 2.75) is 58.3 Å². The highest BCUT2D eigenvalue weighted by Gasteiger charge is 2.64. The molecular formula is C28H35NO4. The second kappa shape index (κ2) is 9.30. The Morgan fingerprint density at radius 3 is 2.58 bits per heavy atom. The summed E-state index contributed by atoms with van der Waals surface area (Å²) >= 11 is 0. The highest BCUT2D eigenvalue weighted by Crippen LogP contribution is 2.50. The van der Waals surface area contributed by atoms with Crippen LogP contribution in [-0.2, 0) is 20.7 Å². The maximum absolute atomic E-state index is 13.6. The number of rotatable bonds is 2. The molecule has 0 aromatic heterocycles. The SMILES string of the molecule is CC1=C[C@@H]2/C=C/C[C@H](C)[C@@H](O)[C@@H](C)/C=C/C(=O)O[C@]23C(=O)N[C@@H](Cc2ccccc2)[C@@H]3[C@@H]1C. The highest BCUT2D eigenvalue weighted by molar-refractivity contribution is 5.94. The summed E-state index contributed by atoms with van der Waals surface area (Å²) in [6.07, 6.45) is 9.98. The molecule has 33 heavy (non-hydrogen) atoms. The molecule has 0 bridgehead atoms. The van der Waals surface area contributed by atoms with Crippen LogP contribution < -0.4 is 5.32 Å². The first-order chi connectivity index (χ1) is 15.7. The minimum Gasteiger partial charge on any atom is -0.444 e. The third-order valence-corrected chi connectivity index (χ3v) is 7.87. The lowest BCUT2D eigenvalue weighted by Gasteiger charge is -2.44. The number of allylic oxidation sites excluding steroid dienone is 2. The number of aliphatic hydroxyl groups is 1. The molecule has 5 nitrogen and oxygen atoms in total. The van der Waals surface area contributed by atoms with Gasteiger partial charge in [-0.25, -0.2) is 4.79 Å². The van der Waals surface area contributed by atoms with Crippen LogP contribution in [0.15, 0.2) is 66.3 Å². The van der Waals surface area contributed by atoms with Crippen molar-refractivity contribution in [1.82, 2.24) is 5.32 Å². The Bertz CT molecular complexity index is 981. The minimum absolute atomic E-state index is 0.0268. The van der Waals surface area contributed by atoms with Crippen molar-refractivity contribution >= 4 is 11.9 Å². The number of nitrogens with one attached hydrogen (secondary N) is 1. The number of ether oxygens (including phenoxy) is 1. The fourth-order valence-electron chi connectivity index (χ4n) is 5.83. The largest absolute Gasteiger partial charge is 0.444 e. The molecule has 4 rings (SSSR count). The molecule has 1 fully saturated rings. The van der Waals surface area contributed by atoms with Crippen LogP contribution in [0.25, 0.3) is 0 Å². The molecule has 1 saturated heterocycles. The first-order valence-corrected chi connectivity index (χ1v) is 12.0. The maximum Gasteiger partial charge on any atom is 0.331 e. The summed E-state index contributed by atoms with van der Waals surface area (Å²) in [5, 5.41) is 13.8. The number of carbonyl (C=O) groups excluding carboxylic acids is 2. The fourth-order valence-corrected chi connectivity index (χ4v) is 5.83. The van der Waals surface area contributed by atoms with Gasteiger partial charge < -0.3 is 15.2 Å². The number of hydrogen-bond donors (Lipinski definition) is 2. The van der Waals surface area contributed by atoms with Crippen LogP contribution in [0.4, 0.5) is 0 Å². The summed E-state index contributed by atoms with van der Waals surface area (Å²) in [5.74, 6) is -1.41. The van der Waals surface area contributed by atoms with Crippen LogP contribution >= 0.6 is 0 Å². The first kappa shape index (κ1) is 23.5. The minimum atomic E-state index is -1.29. The molecule has 2 N–H and O–H groups in total. The molecule has 2 heterocycles. The van der Waals surface area contributed by atoms with E-state index in [0.29, 0.717) is 12.8 Å². The van der Waals surface area contributed by atoms with Crippen LogP contribution in [0, 0.1) is 29.6 Å². The number of amides is 1. The van der Waals surface area contributed by atoms with Crippen LogP contribution in [0.5, 0.6) is 0 Å². The Morgan fingerprint density at radius 2 is 1.85 bits per heavy atom. The zero-order valence-corrected chi connectivity index (χ0v) is 19.9. The lowest BCUT2D eigenvalue weighted by molar-refractivity contribution is -0.172. The van der Waals surface area contributed by atoms with E-state index < -0.39 is 17.7 Å². The van der Waals surface area contributed by atoms with Crippen molar-refractivity contribution in [2.75, 3.05) is 0 Å². The van der Waals surface area contributed by atoms with Gasteiger partial charge in [0.05, 0.1) is 6.10 Å². The summed E-state index contributed by atoms with van der Waals surface area (Å²) in [6, 6.07) is 9.97. The first-order valence-electron chi connectivity index (χ1n) is 12.0. The van der Waals surface area contributed by atoms with Crippen molar-refractivity contribution in [3.05, 3.63) is 71.8 Å². The number of hydrogen-bond acceptors (Lipinski definition) is 4. The lowest BCUT2D eigenvalue weighted by atomic mass is 9.63. The summed E-state index contributed by atoms with van der Waals surface area (Å²) < 4.78 is 6.13. The summed E-state index contributed by atoms with van der Waals surface area (Å²) in [5.41, 5.74) is 1.04. The van der Waals surface area contributed by atoms with Crippen molar-refractivity contribution in [2.24, 2.45) is 29.6 Å². The monoisotopic (exact) mass is 449 g/mol. The van der Waals surface area contributed by atoms with E-state index in [0.717, 1.165) is 5.56 Å². The van der Waals surface area contributed by atoms with Crippen LogP contribution in [0.3, 0.4) is 0 Å². The van der Waals surface area contributed by atoms with Gasteiger partial charge in [-0.15, -0.1) is 0 Å². The van der Waals surface area contributed by atoms with Crippen LogP contribution in [0.1, 0.15) is 39.7 Å². The second-order valence-corrected chi connectivity index (χ2v) is 10.1. The lowest BCUT2D eigenvalue weighted by Crippen LogP contribution is -2.56. The molecule has 1 amide bonds. The van der Waals surface area contributed by atoms with Crippen molar-refractivity contribution < 1.29 is 19.4 Å². The van der Waals surface area contributed by atoms with Crippen LogP contribution in [-0.4, -0.2) is 34.7 Å². The number of aliphatic hydroxyl groups excluding tert-OH is 1. The van der Waals surface area contributed by atoms with E-state index in [9.17, 15) is 14.7 Å². The Kier molecular flexibility index (Phi) is 6.62. The molecule has 0 unspecified atom stereocenters. The summed E-state index contributed by atoms with van der Waals surface area (Å²) in [7, 11) is 0. The van der Waals surface area contributed by atoms with Gasteiger partial charge >= 0.3 is 5.97 Å². The van der Waals surface area contributed by atoms with Gasteiger partial charge in [0.15, 0.2) is 0 Å². The highest BCUT2D eigenvalue weighted by atomic mass is 16.6. The van der Waals surface area contributed by atoms with E-state index in [2.05, 4.69) is 37.4 Å². The van der Waals surface area contributed by atoms with Gasteiger partial charge in [-0.2, -0.15) is 0 Å². The average molecular weight is 450 g/mol. The summed E-state index contributed by atoms with van der Waals surface area (Å²) in [4.78, 5) is 26.7. The molecular weight excluding hydrogens is 414 g/mol. The topological polar surface area (TPSA) is 75.6 Å². The molecule has 0 radical (unpaired) electrons. The molecule has 0 saturated carbocycles. The Labute approximate surface area is 196 Å². The van der Waals surface area contributed by atoms with Gasteiger partial charge in [0, 0.05) is 29.9 Å². The zero-order valence-electron chi connectivity index (χ0n) is 19.9. The third-order valence-electron chi connectivity index (χ3n) is 7.87. The van der Waals surface area contributed by atoms with Crippen molar-refractivity contribution in [3.63, 3.8) is 0 Å². The second-order valence-electron chi connectivity index (χ2n) is 10.1. The number of benzene rings is 1. The molecule has 1 aromatic carbocycles. The third kappa shape index (κ3) is 4.31. The fraction of sp³-hybridized carbons (Fsp3) is 0.500. The van der Waals surface area contributed by atoms with Crippen LogP contribution in [0.2, 0.25) is 0 Å². The predicted molar refractivity (Wildman–Crippen MR) is 128 cm³/mol. The van der Waals surface area contributed by atoms with Gasteiger partial charge in [-0.05, 0) is 37.2 Å². The van der Waals surface area contributed by atoms with E-state index in [1.165, 1.54) is 11.6 Å². The zero-order chi connectivity index (χ0) is 23.8. The molecule has 5 heteroatoms. The molecule has 8 atom stereocenters. The van der Waals surface area contributed by atoms with Gasteiger partial charge in [0.2, 0.25) is 5.60 Å². The van der Waals surface area contributed by atoms with Gasteiger partial charge in [0.25, 0.3) is 5.91 Å². The molecule has 1 aliphatic carbocycles. The van der Waals surface area contributed by atoms with E-state index in [1.54, 1.807) is 6.08 Å². The predicted octanol–water partition coefficient (Wildman–Crippen LogP) is 3.99. The maximum atomic E-state index is 13.6. The molecule has 2 aliphatic heterocycles. The molecule has 176 valence electrons.